The molecule has 0 unspecified atom stereocenters. The molecule has 2 aromatic rings. The van der Waals surface area contributed by atoms with Crippen molar-refractivity contribution in [2.45, 2.75) is 31.7 Å². The van der Waals surface area contributed by atoms with Gasteiger partial charge in [-0.05, 0) is 44.0 Å². The Bertz CT molecular complexity index is 830. The van der Waals surface area contributed by atoms with E-state index in [-0.39, 0.29) is 16.8 Å². The van der Waals surface area contributed by atoms with Crippen LogP contribution >= 0.6 is 11.3 Å². The minimum Gasteiger partial charge on any atom is -0.333 e. The van der Waals surface area contributed by atoms with Gasteiger partial charge in [-0.15, -0.1) is 11.3 Å². The largest absolute Gasteiger partial charge is 0.333 e. The molecule has 0 radical (unpaired) electrons. The van der Waals surface area contributed by atoms with Crippen LogP contribution < -0.4 is 5.14 Å². The normalized spacial score (nSPS) is 12.9. The highest BCUT2D eigenvalue weighted by atomic mass is 32.2. The van der Waals surface area contributed by atoms with Crippen LogP contribution in [-0.2, 0) is 10.0 Å². The molecule has 2 N–H and O–H groups in total. The number of hydrogen-bond donors (Lipinski definition) is 1. The van der Waals surface area contributed by atoms with Gasteiger partial charge in [-0.1, -0.05) is 0 Å². The van der Waals surface area contributed by atoms with E-state index in [0.29, 0.717) is 16.7 Å². The van der Waals surface area contributed by atoms with Gasteiger partial charge in [0.25, 0.3) is 5.91 Å². The Hall–Kier alpha value is -1.77. The maximum Gasteiger partial charge on any atom is 0.254 e. The lowest BCUT2D eigenvalue weighted by molar-refractivity contribution is 0.0742. The molecule has 1 amide bonds. The minimum absolute atomic E-state index is 0.0175. The van der Waals surface area contributed by atoms with Crippen molar-refractivity contribution in [1.29, 1.82) is 0 Å². The summed E-state index contributed by atoms with van der Waals surface area (Å²) in [7, 11) is -2.22. The van der Waals surface area contributed by atoms with Crippen molar-refractivity contribution >= 4 is 27.3 Å². The number of aryl methyl sites for hydroxylation is 1. The van der Waals surface area contributed by atoms with Gasteiger partial charge >= 0.3 is 0 Å². The summed E-state index contributed by atoms with van der Waals surface area (Å²) in [5.41, 5.74) is 1.55. The maximum atomic E-state index is 12.7. The Morgan fingerprint density at radius 1 is 1.35 bits per heavy atom. The third-order valence-electron chi connectivity index (χ3n) is 3.88. The number of nitrogens with zero attached hydrogens (tertiary/aromatic N) is 2. The van der Waals surface area contributed by atoms with E-state index >= 15 is 0 Å². The highest BCUT2D eigenvalue weighted by Gasteiger charge is 2.23. The molecule has 0 aliphatic carbocycles. The zero-order valence-electron chi connectivity index (χ0n) is 13.4. The topological polar surface area (TPSA) is 93.4 Å². The smallest absolute Gasteiger partial charge is 0.254 e. The first kappa shape index (κ1) is 17.6. The molecule has 0 spiro atoms. The Morgan fingerprint density at radius 3 is 2.52 bits per heavy atom. The molecule has 0 aliphatic rings. The fourth-order valence-electron chi connectivity index (χ4n) is 2.23. The van der Waals surface area contributed by atoms with Gasteiger partial charge in [0.05, 0.1) is 10.9 Å². The summed E-state index contributed by atoms with van der Waals surface area (Å²) in [5, 5.41) is 7.91. The Kier molecular flexibility index (Phi) is 4.88. The Balaban J connectivity index is 2.42. The number of carbonyl (C=O) groups excluding carboxylic acids is 1. The fourth-order valence-corrected chi connectivity index (χ4v) is 3.85. The molecule has 0 fully saturated rings. The summed E-state index contributed by atoms with van der Waals surface area (Å²) in [5.74, 6) is -0.277. The molecule has 23 heavy (non-hydrogen) atoms. The third kappa shape index (κ3) is 3.60. The summed E-state index contributed by atoms with van der Waals surface area (Å²) in [6.45, 7) is 5.30. The number of nitrogens with two attached hydrogens (primary N) is 1. The lowest BCUT2D eigenvalue weighted by Gasteiger charge is -2.24. The molecule has 1 heterocycles. The second-order valence-electron chi connectivity index (χ2n) is 5.42. The quantitative estimate of drug-likeness (QED) is 0.912. The van der Waals surface area contributed by atoms with E-state index in [2.05, 4.69) is 4.98 Å². The first-order valence-electron chi connectivity index (χ1n) is 6.93. The fraction of sp³-hybridized carbons (Fsp3) is 0.333. The molecule has 0 saturated carbocycles. The van der Waals surface area contributed by atoms with Gasteiger partial charge in [0, 0.05) is 24.2 Å². The molecule has 0 aliphatic heterocycles. The standard InChI is InChI=1S/C15H19N3O3S2/c1-9-7-12(8-13(10(9)2)23(16,20)21)15(19)18(4)11(3)14-17-5-6-22-14/h5-8,11H,1-4H3,(H2,16,20,21)/t11-/m1/s1. The molecule has 2 rings (SSSR count). The zero-order valence-corrected chi connectivity index (χ0v) is 15.0. The number of hydrogen-bond acceptors (Lipinski definition) is 5. The van der Waals surface area contributed by atoms with Gasteiger partial charge in [0.1, 0.15) is 5.01 Å². The molecular formula is C15H19N3O3S2. The molecular weight excluding hydrogens is 334 g/mol. The van der Waals surface area contributed by atoms with Crippen LogP contribution in [0.3, 0.4) is 0 Å². The number of thiazole rings is 1. The lowest BCUT2D eigenvalue weighted by Crippen LogP contribution is -2.30. The first-order chi connectivity index (χ1) is 10.6. The molecule has 0 saturated heterocycles. The van der Waals surface area contributed by atoms with Crippen molar-refractivity contribution in [1.82, 2.24) is 9.88 Å². The van der Waals surface area contributed by atoms with Crippen LogP contribution in [-0.4, -0.2) is 31.3 Å². The minimum atomic E-state index is -3.88. The molecule has 124 valence electrons. The summed E-state index contributed by atoms with van der Waals surface area (Å²) < 4.78 is 23.4. The molecule has 1 aromatic heterocycles. The number of amides is 1. The van der Waals surface area contributed by atoms with Gasteiger partial charge in [-0.3, -0.25) is 4.79 Å². The number of aromatic nitrogens is 1. The average molecular weight is 353 g/mol. The Labute approximate surface area is 140 Å². The van der Waals surface area contributed by atoms with Crippen LogP contribution in [0.5, 0.6) is 0 Å². The number of carbonyl (C=O) groups is 1. The van der Waals surface area contributed by atoms with Crippen molar-refractivity contribution in [2.24, 2.45) is 5.14 Å². The summed E-state index contributed by atoms with van der Waals surface area (Å²) in [6, 6.07) is 2.81. The predicted molar refractivity (Wildman–Crippen MR) is 89.9 cm³/mol. The maximum absolute atomic E-state index is 12.7. The molecule has 1 aromatic carbocycles. The number of sulfonamides is 1. The van der Waals surface area contributed by atoms with Gasteiger partial charge in [0.2, 0.25) is 10.0 Å². The number of benzene rings is 1. The van der Waals surface area contributed by atoms with Crippen molar-refractivity contribution in [2.75, 3.05) is 7.05 Å². The lowest BCUT2D eigenvalue weighted by atomic mass is 10.0. The van der Waals surface area contributed by atoms with Gasteiger partial charge in [-0.25, -0.2) is 18.5 Å². The summed E-state index contributed by atoms with van der Waals surface area (Å²) in [6.07, 6.45) is 1.68. The van der Waals surface area contributed by atoms with Gasteiger partial charge in [0.15, 0.2) is 0 Å². The van der Waals surface area contributed by atoms with Crippen LogP contribution in [0, 0.1) is 13.8 Å². The number of primary sulfonamides is 1. The predicted octanol–water partition coefficient (Wildman–Crippen LogP) is 2.24. The van der Waals surface area contributed by atoms with Crippen LogP contribution in [0.25, 0.3) is 0 Å². The highest BCUT2D eigenvalue weighted by molar-refractivity contribution is 7.89. The average Bonchev–Trinajstić information content (AvgIpc) is 3.00. The van der Waals surface area contributed by atoms with Crippen LogP contribution in [0.4, 0.5) is 0 Å². The van der Waals surface area contributed by atoms with E-state index < -0.39 is 10.0 Å². The van der Waals surface area contributed by atoms with E-state index in [4.69, 9.17) is 5.14 Å². The molecule has 8 heteroatoms. The van der Waals surface area contributed by atoms with E-state index in [0.717, 1.165) is 5.01 Å². The van der Waals surface area contributed by atoms with Crippen LogP contribution in [0.2, 0.25) is 0 Å². The van der Waals surface area contributed by atoms with E-state index in [1.54, 1.807) is 33.2 Å². The first-order valence-corrected chi connectivity index (χ1v) is 9.36. The summed E-state index contributed by atoms with van der Waals surface area (Å²) >= 11 is 1.46. The Morgan fingerprint density at radius 2 is 2.00 bits per heavy atom. The highest BCUT2D eigenvalue weighted by Crippen LogP contribution is 2.25. The van der Waals surface area contributed by atoms with E-state index in [1.807, 2.05) is 12.3 Å². The summed E-state index contributed by atoms with van der Waals surface area (Å²) in [4.78, 5) is 18.4. The molecule has 1 atom stereocenters. The van der Waals surface area contributed by atoms with Crippen molar-refractivity contribution in [3.63, 3.8) is 0 Å². The molecule has 0 bridgehead atoms. The molecule has 6 nitrogen and oxygen atoms in total. The second kappa shape index (κ2) is 6.38. The van der Waals surface area contributed by atoms with Gasteiger partial charge < -0.3 is 4.90 Å². The van der Waals surface area contributed by atoms with Crippen LogP contribution in [0.1, 0.15) is 39.5 Å². The van der Waals surface area contributed by atoms with Crippen LogP contribution in [0.15, 0.2) is 28.6 Å². The second-order valence-corrected chi connectivity index (χ2v) is 7.88. The van der Waals surface area contributed by atoms with Gasteiger partial charge in [-0.2, -0.15) is 0 Å². The van der Waals surface area contributed by atoms with Crippen molar-refractivity contribution in [3.05, 3.63) is 45.4 Å². The number of rotatable bonds is 4. The monoisotopic (exact) mass is 353 g/mol. The zero-order chi connectivity index (χ0) is 17.4. The SMILES string of the molecule is Cc1cc(C(=O)N(C)[C@H](C)c2nccs2)cc(S(N)(=O)=O)c1C. The van der Waals surface area contributed by atoms with Crippen molar-refractivity contribution in [3.8, 4) is 0 Å². The van der Waals surface area contributed by atoms with Crippen molar-refractivity contribution < 1.29 is 13.2 Å². The third-order valence-corrected chi connectivity index (χ3v) is 5.87. The van der Waals surface area contributed by atoms with E-state index in [1.165, 1.54) is 22.3 Å². The van der Waals surface area contributed by atoms with E-state index in [9.17, 15) is 13.2 Å².